The third-order valence-electron chi connectivity index (χ3n) is 4.87. The number of rotatable bonds is 4. The molecule has 1 heterocycles. The molecule has 0 aromatic heterocycles. The van der Waals surface area contributed by atoms with Gasteiger partial charge < -0.3 is 5.11 Å². The van der Waals surface area contributed by atoms with Gasteiger partial charge in [0.15, 0.2) is 0 Å². The van der Waals surface area contributed by atoms with E-state index in [4.69, 9.17) is 0 Å². The Hall–Kier alpha value is -1.35. The van der Waals surface area contributed by atoms with Crippen LogP contribution in [0.3, 0.4) is 0 Å². The summed E-state index contributed by atoms with van der Waals surface area (Å²) in [5, 5.41) is 9.71. The fourth-order valence-electron chi connectivity index (χ4n) is 3.60. The minimum atomic E-state index is -0.685. The molecule has 3 heteroatoms. The van der Waals surface area contributed by atoms with Gasteiger partial charge in [0.25, 0.3) is 0 Å². The van der Waals surface area contributed by atoms with Crippen molar-refractivity contribution in [3.8, 4) is 0 Å². The quantitative estimate of drug-likeness (QED) is 0.911. The zero-order valence-electron chi connectivity index (χ0n) is 12.9. The number of carboxylic acids is 1. The van der Waals surface area contributed by atoms with Crippen LogP contribution in [-0.2, 0) is 4.79 Å². The van der Waals surface area contributed by atoms with Gasteiger partial charge in [0, 0.05) is 6.04 Å². The standard InChI is InChI=1S/C17H25NO2/c1-5-17(16(19)20)9-6-10-18(17)14(4)15-11-12(2)7-8-13(15)3/h7-8,11,14H,5-6,9-10H2,1-4H3,(H,19,20). The van der Waals surface area contributed by atoms with Crippen molar-refractivity contribution in [2.75, 3.05) is 6.54 Å². The van der Waals surface area contributed by atoms with E-state index in [0.717, 1.165) is 19.4 Å². The van der Waals surface area contributed by atoms with Crippen molar-refractivity contribution in [2.45, 2.75) is 58.5 Å². The summed E-state index contributed by atoms with van der Waals surface area (Å²) in [5.74, 6) is -0.672. The molecule has 110 valence electrons. The molecule has 3 nitrogen and oxygen atoms in total. The fraction of sp³-hybridized carbons (Fsp3) is 0.588. The maximum absolute atomic E-state index is 11.8. The van der Waals surface area contributed by atoms with E-state index in [2.05, 4.69) is 43.9 Å². The number of hydrogen-bond acceptors (Lipinski definition) is 2. The lowest BCUT2D eigenvalue weighted by atomic mass is 9.90. The lowest BCUT2D eigenvalue weighted by Crippen LogP contribution is -2.51. The highest BCUT2D eigenvalue weighted by Gasteiger charge is 2.48. The Balaban J connectivity index is 2.39. The van der Waals surface area contributed by atoms with Gasteiger partial charge in [0.05, 0.1) is 0 Å². The van der Waals surface area contributed by atoms with Crippen molar-refractivity contribution in [1.82, 2.24) is 4.90 Å². The lowest BCUT2D eigenvalue weighted by molar-refractivity contribution is -0.151. The number of carbonyl (C=O) groups is 1. The molecule has 0 bridgehead atoms. The number of benzene rings is 1. The predicted molar refractivity (Wildman–Crippen MR) is 80.9 cm³/mol. The largest absolute Gasteiger partial charge is 0.480 e. The van der Waals surface area contributed by atoms with Crippen molar-refractivity contribution in [3.63, 3.8) is 0 Å². The second-order valence-electron chi connectivity index (χ2n) is 6.02. The number of nitrogens with zero attached hydrogens (tertiary/aromatic N) is 1. The van der Waals surface area contributed by atoms with Crippen molar-refractivity contribution < 1.29 is 9.90 Å². The molecule has 0 aliphatic carbocycles. The summed E-state index contributed by atoms with van der Waals surface area (Å²) >= 11 is 0. The van der Waals surface area contributed by atoms with Gasteiger partial charge in [-0.25, -0.2) is 0 Å². The van der Waals surface area contributed by atoms with Crippen molar-refractivity contribution in [1.29, 1.82) is 0 Å². The first-order valence-electron chi connectivity index (χ1n) is 7.49. The molecule has 20 heavy (non-hydrogen) atoms. The second kappa shape index (κ2) is 5.57. The monoisotopic (exact) mass is 275 g/mol. The SMILES string of the molecule is CCC1(C(=O)O)CCCN1C(C)c1cc(C)ccc1C. The molecule has 0 spiro atoms. The van der Waals surface area contributed by atoms with Crippen molar-refractivity contribution in [2.24, 2.45) is 0 Å². The van der Waals surface area contributed by atoms with Gasteiger partial charge in [-0.05, 0) is 57.7 Å². The summed E-state index contributed by atoms with van der Waals surface area (Å²) in [5.41, 5.74) is 3.04. The molecule has 0 saturated carbocycles. The van der Waals surface area contributed by atoms with Crippen LogP contribution in [0.25, 0.3) is 0 Å². The summed E-state index contributed by atoms with van der Waals surface area (Å²) in [6.07, 6.45) is 2.39. The highest BCUT2D eigenvalue weighted by molar-refractivity contribution is 5.79. The Labute approximate surface area is 121 Å². The maximum atomic E-state index is 11.8. The van der Waals surface area contributed by atoms with E-state index in [0.29, 0.717) is 6.42 Å². The van der Waals surface area contributed by atoms with Gasteiger partial charge >= 0.3 is 5.97 Å². The smallest absolute Gasteiger partial charge is 0.324 e. The Morgan fingerprint density at radius 2 is 2.15 bits per heavy atom. The average molecular weight is 275 g/mol. The van der Waals surface area contributed by atoms with E-state index in [1.807, 2.05) is 6.92 Å². The molecule has 1 N–H and O–H groups in total. The average Bonchev–Trinajstić information content (AvgIpc) is 2.85. The van der Waals surface area contributed by atoms with Crippen LogP contribution in [0.4, 0.5) is 0 Å². The van der Waals surface area contributed by atoms with Crippen LogP contribution in [0.5, 0.6) is 0 Å². The molecule has 1 saturated heterocycles. The molecule has 1 aliphatic rings. The summed E-state index contributed by atoms with van der Waals surface area (Å²) in [6, 6.07) is 6.58. The molecular formula is C17H25NO2. The summed E-state index contributed by atoms with van der Waals surface area (Å²) in [4.78, 5) is 14.0. The van der Waals surface area contributed by atoms with E-state index >= 15 is 0 Å². The summed E-state index contributed by atoms with van der Waals surface area (Å²) in [7, 11) is 0. The van der Waals surface area contributed by atoms with Gasteiger partial charge in [-0.15, -0.1) is 0 Å². The fourth-order valence-corrected chi connectivity index (χ4v) is 3.60. The topological polar surface area (TPSA) is 40.5 Å². The highest BCUT2D eigenvalue weighted by atomic mass is 16.4. The molecule has 1 aromatic rings. The van der Waals surface area contributed by atoms with E-state index < -0.39 is 11.5 Å². The molecule has 0 radical (unpaired) electrons. The van der Waals surface area contributed by atoms with E-state index in [1.54, 1.807) is 0 Å². The molecule has 0 amide bonds. The predicted octanol–water partition coefficient (Wildman–Crippen LogP) is 3.69. The van der Waals surface area contributed by atoms with E-state index in [-0.39, 0.29) is 6.04 Å². The Bertz CT molecular complexity index is 512. The lowest BCUT2D eigenvalue weighted by Gasteiger charge is -2.39. The molecule has 2 rings (SSSR count). The normalized spacial score (nSPS) is 24.8. The molecule has 2 unspecified atom stereocenters. The summed E-state index contributed by atoms with van der Waals surface area (Å²) < 4.78 is 0. The van der Waals surface area contributed by atoms with Crippen molar-refractivity contribution >= 4 is 5.97 Å². The number of likely N-dealkylation sites (tertiary alicyclic amines) is 1. The second-order valence-corrected chi connectivity index (χ2v) is 6.02. The third kappa shape index (κ3) is 2.35. The highest BCUT2D eigenvalue weighted by Crippen LogP contribution is 2.40. The van der Waals surface area contributed by atoms with Gasteiger partial charge in [0.1, 0.15) is 5.54 Å². The van der Waals surface area contributed by atoms with Crippen LogP contribution in [0.15, 0.2) is 18.2 Å². The minimum Gasteiger partial charge on any atom is -0.480 e. The zero-order valence-corrected chi connectivity index (χ0v) is 12.9. The van der Waals surface area contributed by atoms with Crippen LogP contribution >= 0.6 is 0 Å². The molecule has 1 fully saturated rings. The van der Waals surface area contributed by atoms with Gasteiger partial charge in [0.2, 0.25) is 0 Å². The number of aryl methyl sites for hydroxylation is 2. The molecule has 1 aromatic carbocycles. The van der Waals surface area contributed by atoms with Crippen LogP contribution in [0.2, 0.25) is 0 Å². The van der Waals surface area contributed by atoms with Crippen LogP contribution < -0.4 is 0 Å². The van der Waals surface area contributed by atoms with E-state index in [1.165, 1.54) is 16.7 Å². The zero-order chi connectivity index (χ0) is 14.9. The van der Waals surface area contributed by atoms with Crippen LogP contribution in [0, 0.1) is 13.8 Å². The minimum absolute atomic E-state index is 0.147. The third-order valence-corrected chi connectivity index (χ3v) is 4.87. The van der Waals surface area contributed by atoms with Crippen molar-refractivity contribution in [3.05, 3.63) is 34.9 Å². The first kappa shape index (κ1) is 15.0. The molecular weight excluding hydrogens is 250 g/mol. The Morgan fingerprint density at radius 3 is 2.75 bits per heavy atom. The molecule has 1 aliphatic heterocycles. The first-order chi connectivity index (χ1) is 9.42. The maximum Gasteiger partial charge on any atom is 0.324 e. The van der Waals surface area contributed by atoms with Gasteiger partial charge in [-0.3, -0.25) is 9.69 Å². The number of aliphatic carboxylic acids is 1. The Kier molecular flexibility index (Phi) is 4.19. The number of carboxylic acid groups (broad SMARTS) is 1. The number of hydrogen-bond donors (Lipinski definition) is 1. The van der Waals surface area contributed by atoms with Gasteiger partial charge in [-0.1, -0.05) is 30.7 Å². The van der Waals surface area contributed by atoms with Crippen LogP contribution in [0.1, 0.15) is 55.8 Å². The first-order valence-corrected chi connectivity index (χ1v) is 7.49. The van der Waals surface area contributed by atoms with Crippen LogP contribution in [-0.4, -0.2) is 28.1 Å². The molecule has 2 atom stereocenters. The van der Waals surface area contributed by atoms with E-state index in [9.17, 15) is 9.90 Å². The van der Waals surface area contributed by atoms with Gasteiger partial charge in [-0.2, -0.15) is 0 Å². The summed E-state index contributed by atoms with van der Waals surface area (Å²) in [6.45, 7) is 9.19. The Morgan fingerprint density at radius 1 is 1.45 bits per heavy atom.